The normalized spacial score (nSPS) is 19.0. The van der Waals surface area contributed by atoms with Gasteiger partial charge < -0.3 is 10.4 Å². The summed E-state index contributed by atoms with van der Waals surface area (Å²) in [5.74, 6) is -2.14. The third kappa shape index (κ3) is 3.32. The van der Waals surface area contributed by atoms with Crippen LogP contribution in [0.2, 0.25) is 5.02 Å². The lowest BCUT2D eigenvalue weighted by Crippen LogP contribution is -2.38. The fourth-order valence-electron chi connectivity index (χ4n) is 2.88. The van der Waals surface area contributed by atoms with Crippen molar-refractivity contribution in [1.82, 2.24) is 5.32 Å². The number of carbonyl (C=O) groups excluding carboxylic acids is 2. The second-order valence-corrected chi connectivity index (χ2v) is 6.18. The first-order valence-corrected chi connectivity index (χ1v) is 7.87. The summed E-state index contributed by atoms with van der Waals surface area (Å²) >= 11 is 5.59. The van der Waals surface area contributed by atoms with Crippen LogP contribution in [0.4, 0.5) is 4.39 Å². The zero-order valence-corrected chi connectivity index (χ0v) is 13.4. The fourth-order valence-corrected chi connectivity index (χ4v) is 3.00. The number of benzene rings is 2. The van der Waals surface area contributed by atoms with Crippen molar-refractivity contribution in [2.45, 2.75) is 25.0 Å². The predicted octanol–water partition coefficient (Wildman–Crippen LogP) is 2.37. The summed E-state index contributed by atoms with van der Waals surface area (Å²) in [4.78, 5) is 24.2. The molecule has 0 saturated heterocycles. The molecule has 0 aromatic heterocycles. The number of ketones is 1. The number of fused-ring (bicyclic) bond motifs is 1. The Morgan fingerprint density at radius 2 is 2.00 bits per heavy atom. The Hall–Kier alpha value is -2.24. The van der Waals surface area contributed by atoms with Gasteiger partial charge in [-0.15, -0.1) is 0 Å². The zero-order valence-electron chi connectivity index (χ0n) is 12.6. The highest BCUT2D eigenvalue weighted by molar-refractivity contribution is 6.36. The Labute approximate surface area is 143 Å². The molecule has 4 nitrogen and oxygen atoms in total. The highest BCUT2D eigenvalue weighted by atomic mass is 35.5. The molecule has 1 amide bonds. The average Bonchev–Trinajstić information content (AvgIpc) is 2.87. The Morgan fingerprint density at radius 1 is 1.25 bits per heavy atom. The summed E-state index contributed by atoms with van der Waals surface area (Å²) in [5, 5.41) is 12.6. The van der Waals surface area contributed by atoms with Gasteiger partial charge in [0, 0.05) is 12.8 Å². The molecule has 1 aliphatic rings. The van der Waals surface area contributed by atoms with E-state index in [0.717, 1.165) is 17.2 Å². The van der Waals surface area contributed by atoms with Crippen molar-refractivity contribution in [1.29, 1.82) is 0 Å². The lowest BCUT2D eigenvalue weighted by atomic mass is 10.1. The summed E-state index contributed by atoms with van der Waals surface area (Å²) in [5.41, 5.74) is 2.12. The van der Waals surface area contributed by atoms with Crippen molar-refractivity contribution in [2.24, 2.45) is 0 Å². The molecule has 1 aliphatic carbocycles. The summed E-state index contributed by atoms with van der Waals surface area (Å²) in [6, 6.07) is 10.7. The molecule has 0 aliphatic heterocycles. The Balaban J connectivity index is 1.68. The van der Waals surface area contributed by atoms with Crippen LogP contribution in [0.25, 0.3) is 0 Å². The van der Waals surface area contributed by atoms with Crippen LogP contribution in [0.3, 0.4) is 0 Å². The third-order valence-corrected chi connectivity index (χ3v) is 4.40. The topological polar surface area (TPSA) is 66.4 Å². The zero-order chi connectivity index (χ0) is 17.3. The van der Waals surface area contributed by atoms with Gasteiger partial charge in [0.2, 0.25) is 5.78 Å². The van der Waals surface area contributed by atoms with E-state index < -0.39 is 29.7 Å². The number of carbonyl (C=O) groups is 2. The van der Waals surface area contributed by atoms with Gasteiger partial charge in [-0.25, -0.2) is 4.39 Å². The summed E-state index contributed by atoms with van der Waals surface area (Å²) in [7, 11) is 0. The monoisotopic (exact) mass is 347 g/mol. The van der Waals surface area contributed by atoms with Gasteiger partial charge in [-0.05, 0) is 28.8 Å². The van der Waals surface area contributed by atoms with Gasteiger partial charge in [0.1, 0.15) is 5.82 Å². The largest absolute Gasteiger partial charge is 0.390 e. The number of halogens is 2. The molecule has 24 heavy (non-hydrogen) atoms. The smallest absolute Gasteiger partial charge is 0.288 e. The van der Waals surface area contributed by atoms with Crippen molar-refractivity contribution in [3.8, 4) is 0 Å². The summed E-state index contributed by atoms with van der Waals surface area (Å²) < 4.78 is 13.4. The molecular weight excluding hydrogens is 333 g/mol. The van der Waals surface area contributed by atoms with Crippen LogP contribution < -0.4 is 5.32 Å². The fraction of sp³-hybridized carbons (Fsp3) is 0.222. The van der Waals surface area contributed by atoms with Crippen LogP contribution in [-0.2, 0) is 22.4 Å². The van der Waals surface area contributed by atoms with Crippen molar-refractivity contribution < 1.29 is 19.1 Å². The van der Waals surface area contributed by atoms with Crippen molar-refractivity contribution in [3.63, 3.8) is 0 Å². The number of nitrogens with one attached hydrogen (secondary N) is 1. The minimum Gasteiger partial charge on any atom is -0.390 e. The molecule has 2 N–H and O–H groups in total. The van der Waals surface area contributed by atoms with Gasteiger partial charge in [0.05, 0.1) is 17.2 Å². The highest BCUT2D eigenvalue weighted by Gasteiger charge is 2.33. The molecule has 0 bridgehead atoms. The van der Waals surface area contributed by atoms with Crippen molar-refractivity contribution in [3.05, 3.63) is 70.0 Å². The quantitative estimate of drug-likeness (QED) is 0.834. The number of Topliss-reactive ketones (excluding diaryl/α,β-unsaturated/α-hetero) is 1. The van der Waals surface area contributed by atoms with E-state index in [1.807, 2.05) is 24.3 Å². The highest BCUT2D eigenvalue weighted by Crippen LogP contribution is 2.31. The van der Waals surface area contributed by atoms with E-state index in [2.05, 4.69) is 5.32 Å². The molecule has 0 radical (unpaired) electrons. The van der Waals surface area contributed by atoms with E-state index >= 15 is 0 Å². The Kier molecular flexibility index (Phi) is 4.64. The molecule has 6 heteroatoms. The van der Waals surface area contributed by atoms with Crippen LogP contribution in [0.15, 0.2) is 42.5 Å². The van der Waals surface area contributed by atoms with Crippen LogP contribution in [-0.4, -0.2) is 22.9 Å². The minimum absolute atomic E-state index is 0.0404. The number of hydrogen-bond donors (Lipinski definition) is 2. The first-order chi connectivity index (χ1) is 11.5. The first-order valence-electron chi connectivity index (χ1n) is 7.49. The van der Waals surface area contributed by atoms with Gasteiger partial charge in [-0.1, -0.05) is 41.9 Å². The minimum atomic E-state index is -0.800. The number of aliphatic hydroxyl groups is 1. The van der Waals surface area contributed by atoms with Gasteiger partial charge in [0.15, 0.2) is 0 Å². The van der Waals surface area contributed by atoms with Gasteiger partial charge >= 0.3 is 0 Å². The first kappa shape index (κ1) is 16.6. The van der Waals surface area contributed by atoms with Crippen LogP contribution in [0, 0.1) is 5.82 Å². The molecule has 0 spiro atoms. The molecule has 2 atom stereocenters. The van der Waals surface area contributed by atoms with Crippen LogP contribution in [0.5, 0.6) is 0 Å². The van der Waals surface area contributed by atoms with E-state index in [1.54, 1.807) is 0 Å². The third-order valence-electron chi connectivity index (χ3n) is 4.09. The second-order valence-electron chi connectivity index (χ2n) is 5.77. The molecule has 0 unspecified atom stereocenters. The van der Waals surface area contributed by atoms with Crippen molar-refractivity contribution >= 4 is 23.3 Å². The predicted molar refractivity (Wildman–Crippen MR) is 87.2 cm³/mol. The molecule has 0 heterocycles. The molecular formula is C18H15ClFNO3. The van der Waals surface area contributed by atoms with E-state index in [-0.39, 0.29) is 11.4 Å². The summed E-state index contributed by atoms with van der Waals surface area (Å²) in [6.07, 6.45) is -0.575. The van der Waals surface area contributed by atoms with E-state index in [0.29, 0.717) is 12.0 Å². The Morgan fingerprint density at radius 3 is 2.75 bits per heavy atom. The Bertz CT molecular complexity index is 809. The molecule has 2 aromatic rings. The van der Waals surface area contributed by atoms with E-state index in [1.165, 1.54) is 12.1 Å². The lowest BCUT2D eigenvalue weighted by Gasteiger charge is -2.17. The number of aliphatic hydroxyl groups excluding tert-OH is 1. The lowest BCUT2D eigenvalue weighted by molar-refractivity contribution is -0.138. The molecule has 3 rings (SSSR count). The average molecular weight is 348 g/mol. The SMILES string of the molecule is O=C(Cc1ccc(Cl)c(F)c1)C(=O)N[C@@H]1c2ccccc2C[C@@H]1O. The van der Waals surface area contributed by atoms with E-state index in [4.69, 9.17) is 11.6 Å². The maximum Gasteiger partial charge on any atom is 0.288 e. The number of rotatable bonds is 4. The number of amides is 1. The van der Waals surface area contributed by atoms with Crippen molar-refractivity contribution in [2.75, 3.05) is 0 Å². The molecule has 2 aromatic carbocycles. The van der Waals surface area contributed by atoms with Gasteiger partial charge in [-0.2, -0.15) is 0 Å². The van der Waals surface area contributed by atoms with Gasteiger partial charge in [-0.3, -0.25) is 9.59 Å². The number of hydrogen-bond acceptors (Lipinski definition) is 3. The van der Waals surface area contributed by atoms with Gasteiger partial charge in [0.25, 0.3) is 5.91 Å². The molecule has 0 saturated carbocycles. The molecule has 0 fully saturated rings. The van der Waals surface area contributed by atoms with Crippen LogP contribution >= 0.6 is 11.6 Å². The van der Waals surface area contributed by atoms with Crippen LogP contribution in [0.1, 0.15) is 22.7 Å². The molecule has 124 valence electrons. The standard InChI is InChI=1S/C18H15ClFNO3/c19-13-6-5-10(7-14(13)20)8-16(23)18(24)21-17-12-4-2-1-3-11(12)9-15(17)22/h1-7,15,17,22H,8-9H2,(H,21,24)/t15-,17+/m0/s1. The van der Waals surface area contributed by atoms with E-state index in [9.17, 15) is 19.1 Å². The second kappa shape index (κ2) is 6.71. The summed E-state index contributed by atoms with van der Waals surface area (Å²) in [6.45, 7) is 0. The maximum atomic E-state index is 13.4. The maximum absolute atomic E-state index is 13.4.